The fourth-order valence-corrected chi connectivity index (χ4v) is 10.2. The third-order valence-electron chi connectivity index (χ3n) is 12.0. The molecule has 4 bridgehead atoms. The van der Waals surface area contributed by atoms with E-state index < -0.39 is 0 Å². The minimum atomic E-state index is -0.0961. The van der Waals surface area contributed by atoms with E-state index in [4.69, 9.17) is 0 Å². The van der Waals surface area contributed by atoms with Crippen molar-refractivity contribution in [1.29, 1.82) is 0 Å². The molecule has 0 N–H and O–H groups in total. The maximum Gasteiger partial charge on any atom is 0.145 e. The molecule has 5 rings (SSSR count). The van der Waals surface area contributed by atoms with Crippen LogP contribution in [0.5, 0.6) is 0 Å². The summed E-state index contributed by atoms with van der Waals surface area (Å²) < 4.78 is 0. The van der Waals surface area contributed by atoms with Crippen LogP contribution in [0.1, 0.15) is 113 Å². The van der Waals surface area contributed by atoms with Crippen molar-refractivity contribution < 1.29 is 9.59 Å². The van der Waals surface area contributed by atoms with Gasteiger partial charge in [-0.25, -0.2) is 0 Å². The molecular formula is C37H58O2. The van der Waals surface area contributed by atoms with Gasteiger partial charge in [-0.3, -0.25) is 4.79 Å². The normalized spacial score (nSPS) is 39.1. The quantitative estimate of drug-likeness (QED) is 0.152. The van der Waals surface area contributed by atoms with Crippen molar-refractivity contribution in [3.05, 3.63) is 48.1 Å². The summed E-state index contributed by atoms with van der Waals surface area (Å²) in [6, 6.07) is 0. The second-order valence-corrected chi connectivity index (χ2v) is 15.1. The monoisotopic (exact) mass is 534 g/mol. The van der Waals surface area contributed by atoms with Crippen LogP contribution in [-0.4, -0.2) is 12.6 Å². The van der Waals surface area contributed by atoms with E-state index in [9.17, 15) is 9.59 Å². The molecule has 0 aromatic heterocycles. The lowest BCUT2D eigenvalue weighted by atomic mass is 9.53. The predicted octanol–water partition coefficient (Wildman–Crippen LogP) is 9.96. The topological polar surface area (TPSA) is 34.1 Å². The van der Waals surface area contributed by atoms with Gasteiger partial charge in [0.25, 0.3) is 0 Å². The largest absolute Gasteiger partial charge is 0.303 e. The van der Waals surface area contributed by atoms with Gasteiger partial charge in [-0.15, -0.1) is 0 Å². The van der Waals surface area contributed by atoms with Crippen LogP contribution in [0.2, 0.25) is 0 Å². The first-order chi connectivity index (χ1) is 18.3. The number of carbonyl (C=O) groups is 2. The van der Waals surface area contributed by atoms with E-state index in [1.165, 1.54) is 63.2 Å². The van der Waals surface area contributed by atoms with Gasteiger partial charge in [-0.05, 0) is 136 Å². The van der Waals surface area contributed by atoms with Gasteiger partial charge in [0.1, 0.15) is 12.6 Å². The molecule has 5 aliphatic carbocycles. The molecule has 8 atom stereocenters. The minimum Gasteiger partial charge on any atom is -0.303 e. The number of carbonyl (C=O) groups excluding carboxylic acids is 2. The maximum atomic E-state index is 12.3. The Morgan fingerprint density at radius 3 is 1.97 bits per heavy atom. The van der Waals surface area contributed by atoms with Gasteiger partial charge < -0.3 is 4.79 Å². The average Bonchev–Trinajstić information content (AvgIpc) is 3.61. The van der Waals surface area contributed by atoms with Crippen LogP contribution in [0, 0.1) is 57.7 Å². The van der Waals surface area contributed by atoms with Gasteiger partial charge >= 0.3 is 0 Å². The Morgan fingerprint density at radius 1 is 0.949 bits per heavy atom. The van der Waals surface area contributed by atoms with Crippen LogP contribution in [-0.2, 0) is 9.59 Å². The summed E-state index contributed by atoms with van der Waals surface area (Å²) in [5, 5.41) is 0. The van der Waals surface area contributed by atoms with E-state index in [1.54, 1.807) is 0 Å². The number of fused-ring (bicyclic) bond motifs is 4. The predicted molar refractivity (Wildman–Crippen MR) is 166 cm³/mol. The molecule has 0 aliphatic heterocycles. The highest BCUT2D eigenvalue weighted by molar-refractivity contribution is 5.73. The lowest BCUT2D eigenvalue weighted by Gasteiger charge is -2.50. The second kappa shape index (κ2) is 12.4. The molecule has 0 spiro atoms. The van der Waals surface area contributed by atoms with E-state index in [0.29, 0.717) is 28.6 Å². The Bertz CT molecular complexity index is 977. The third-order valence-corrected chi connectivity index (χ3v) is 12.0. The van der Waals surface area contributed by atoms with Gasteiger partial charge in [-0.2, -0.15) is 0 Å². The molecule has 2 nitrogen and oxygen atoms in total. The molecule has 0 radical (unpaired) electrons. The summed E-state index contributed by atoms with van der Waals surface area (Å²) in [7, 11) is 0. The van der Waals surface area contributed by atoms with Crippen molar-refractivity contribution in [2.75, 3.05) is 0 Å². The highest BCUT2D eigenvalue weighted by Gasteiger charge is 2.61. The van der Waals surface area contributed by atoms with Gasteiger partial charge in [0.15, 0.2) is 0 Å². The van der Waals surface area contributed by atoms with E-state index in [-0.39, 0.29) is 5.41 Å². The number of rotatable bonds is 5. The van der Waals surface area contributed by atoms with E-state index in [2.05, 4.69) is 60.8 Å². The van der Waals surface area contributed by atoms with Crippen LogP contribution >= 0.6 is 0 Å². The fraction of sp³-hybridized carbons (Fsp3) is 0.730. The molecule has 0 aromatic carbocycles. The van der Waals surface area contributed by atoms with Gasteiger partial charge in [0.05, 0.1) is 0 Å². The van der Waals surface area contributed by atoms with Crippen LogP contribution in [0.15, 0.2) is 48.1 Å². The van der Waals surface area contributed by atoms with Crippen molar-refractivity contribution in [2.24, 2.45) is 57.7 Å². The smallest absolute Gasteiger partial charge is 0.145 e. The summed E-state index contributed by atoms with van der Waals surface area (Å²) in [4.78, 5) is 23.0. The Labute approximate surface area is 240 Å². The molecule has 8 unspecified atom stereocenters. The first kappa shape index (κ1) is 31.8. The number of hydrogen-bond acceptors (Lipinski definition) is 2. The molecular weight excluding hydrogens is 476 g/mol. The van der Waals surface area contributed by atoms with E-state index >= 15 is 0 Å². The molecule has 218 valence electrons. The third kappa shape index (κ3) is 6.15. The Balaban J connectivity index is 0.000000189. The van der Waals surface area contributed by atoms with Crippen LogP contribution in [0.25, 0.3) is 0 Å². The molecule has 0 aromatic rings. The molecule has 2 heteroatoms. The van der Waals surface area contributed by atoms with Gasteiger partial charge in [0.2, 0.25) is 0 Å². The van der Waals surface area contributed by atoms with Crippen LogP contribution < -0.4 is 0 Å². The average molecular weight is 535 g/mol. The van der Waals surface area contributed by atoms with Crippen molar-refractivity contribution >= 4 is 12.6 Å². The molecule has 0 heterocycles. The summed E-state index contributed by atoms with van der Waals surface area (Å²) in [5.41, 5.74) is 4.00. The highest BCUT2D eigenvalue weighted by Crippen LogP contribution is 2.66. The molecule has 4 fully saturated rings. The molecule has 4 saturated carbocycles. The Hall–Kier alpha value is -1.70. The van der Waals surface area contributed by atoms with Gasteiger partial charge in [0, 0.05) is 5.41 Å². The summed E-state index contributed by atoms with van der Waals surface area (Å²) in [6.45, 7) is 25.5. The Morgan fingerprint density at radius 2 is 1.54 bits per heavy atom. The maximum absolute atomic E-state index is 12.3. The molecule has 0 saturated heterocycles. The lowest BCUT2D eigenvalue weighted by Crippen LogP contribution is -2.47. The first-order valence-electron chi connectivity index (χ1n) is 15.8. The zero-order valence-corrected chi connectivity index (χ0v) is 26.5. The minimum absolute atomic E-state index is 0.0961. The van der Waals surface area contributed by atoms with E-state index in [1.807, 2.05) is 26.0 Å². The van der Waals surface area contributed by atoms with Crippen molar-refractivity contribution in [2.45, 2.75) is 113 Å². The Kier molecular flexibility index (Phi) is 10.2. The second-order valence-electron chi connectivity index (χ2n) is 15.1. The van der Waals surface area contributed by atoms with Crippen LogP contribution in [0.3, 0.4) is 0 Å². The zero-order valence-electron chi connectivity index (χ0n) is 26.5. The van der Waals surface area contributed by atoms with Gasteiger partial charge in [-0.1, -0.05) is 77.2 Å². The highest BCUT2D eigenvalue weighted by atomic mass is 16.1. The molecule has 0 amide bonds. The fourth-order valence-electron chi connectivity index (χ4n) is 10.2. The van der Waals surface area contributed by atoms with Crippen LogP contribution in [0.4, 0.5) is 0 Å². The lowest BCUT2D eigenvalue weighted by molar-refractivity contribution is -0.129. The SMILES string of the molecule is C=C(C)/C=C/C.C=C(C=O)C1C2CCC(C2)C1(C)C.CC1=CC(C)C(C=O)(C2C3CCC(C3)C2(C)C)CCC1. The first-order valence-corrected chi connectivity index (χ1v) is 15.8. The zero-order chi connectivity index (χ0) is 29.2. The molecule has 5 aliphatic rings. The number of hydrogen-bond donors (Lipinski definition) is 0. The molecule has 39 heavy (non-hydrogen) atoms. The number of aldehydes is 2. The van der Waals surface area contributed by atoms with Crippen molar-refractivity contribution in [1.82, 2.24) is 0 Å². The van der Waals surface area contributed by atoms with E-state index in [0.717, 1.165) is 47.5 Å². The van der Waals surface area contributed by atoms with Crippen molar-refractivity contribution in [3.63, 3.8) is 0 Å². The summed E-state index contributed by atoms with van der Waals surface area (Å²) >= 11 is 0. The summed E-state index contributed by atoms with van der Waals surface area (Å²) in [5.74, 6) is 4.71. The standard InChI is InChI=1S/C19H30O.C12H18O.C6H10/c1-13-6-5-9-19(12-20,14(2)10-13)17-15-7-8-16(11-15)18(17,3)4;1-8(7-13)11-9-4-5-10(6-9)12(11,2)3;1-4-5-6(2)3/h10,12,14-17H,5-9,11H2,1-4H3;7,9-11H,1,4-6H2,2-3H3;4-5H,2H2,1,3H3/b;;5-4+. The van der Waals surface area contributed by atoms with Crippen molar-refractivity contribution in [3.8, 4) is 0 Å². The summed E-state index contributed by atoms with van der Waals surface area (Å²) in [6.07, 6.45) is 20.3. The number of allylic oxidation sites excluding steroid dienone is 6.